The van der Waals surface area contributed by atoms with Crippen molar-refractivity contribution in [1.29, 1.82) is 5.26 Å². The first-order valence-electron chi connectivity index (χ1n) is 3.46. The van der Waals surface area contributed by atoms with Gasteiger partial charge in [0, 0.05) is 0 Å². The average Bonchev–Trinajstić information content (AvgIpc) is 2.39. The number of nitriles is 1. The molecule has 0 aliphatic heterocycles. The molecule has 1 saturated carbocycles. The van der Waals surface area contributed by atoms with Gasteiger partial charge in [-0.05, 0) is 25.7 Å². The molecule has 3 nitrogen and oxygen atoms in total. The van der Waals surface area contributed by atoms with E-state index in [4.69, 9.17) is 5.26 Å². The van der Waals surface area contributed by atoms with Gasteiger partial charge in [-0.2, -0.15) is 5.26 Å². The van der Waals surface area contributed by atoms with Crippen molar-refractivity contribution in [3.63, 3.8) is 0 Å². The lowest BCUT2D eigenvalue weighted by Gasteiger charge is -2.17. The molecule has 1 aliphatic rings. The van der Waals surface area contributed by atoms with E-state index in [1.807, 2.05) is 0 Å². The van der Waals surface area contributed by atoms with E-state index in [0.29, 0.717) is 6.41 Å². The molecule has 1 aliphatic carbocycles. The summed E-state index contributed by atoms with van der Waals surface area (Å²) >= 11 is 0. The Morgan fingerprint density at radius 1 is 1.50 bits per heavy atom. The largest absolute Gasteiger partial charge is 0.340 e. The van der Waals surface area contributed by atoms with E-state index >= 15 is 0 Å². The predicted octanol–water partition coefficient (Wildman–Crippen LogP) is 0.569. The molecule has 0 aromatic rings. The van der Waals surface area contributed by atoms with Crippen LogP contribution in [-0.2, 0) is 4.79 Å². The zero-order chi connectivity index (χ0) is 7.45. The van der Waals surface area contributed by atoms with Gasteiger partial charge in [0.1, 0.15) is 5.54 Å². The predicted molar refractivity (Wildman–Crippen MR) is 36.0 cm³/mol. The smallest absolute Gasteiger partial charge is 0.208 e. The van der Waals surface area contributed by atoms with Gasteiger partial charge in [-0.1, -0.05) is 0 Å². The fourth-order valence-corrected chi connectivity index (χ4v) is 1.38. The Kier molecular flexibility index (Phi) is 1.91. The van der Waals surface area contributed by atoms with Gasteiger partial charge in [0.15, 0.2) is 0 Å². The molecule has 1 fully saturated rings. The second-order valence-electron chi connectivity index (χ2n) is 2.66. The zero-order valence-electron chi connectivity index (χ0n) is 5.76. The monoisotopic (exact) mass is 138 g/mol. The molecular formula is C7H10N2O. The molecule has 1 N–H and O–H groups in total. The van der Waals surface area contributed by atoms with Crippen LogP contribution in [0.5, 0.6) is 0 Å². The average molecular weight is 138 g/mol. The van der Waals surface area contributed by atoms with E-state index in [-0.39, 0.29) is 0 Å². The van der Waals surface area contributed by atoms with Crippen molar-refractivity contribution in [3.05, 3.63) is 0 Å². The third-order valence-corrected chi connectivity index (χ3v) is 2.01. The summed E-state index contributed by atoms with van der Waals surface area (Å²) in [4.78, 5) is 10.1. The Morgan fingerprint density at radius 2 is 2.10 bits per heavy atom. The standard InChI is InChI=1S/C7H10N2O/c8-5-7(9-6-10)3-1-2-4-7/h6H,1-4H2,(H,9,10). The molecule has 0 aromatic heterocycles. The summed E-state index contributed by atoms with van der Waals surface area (Å²) in [6, 6.07) is 2.14. The van der Waals surface area contributed by atoms with Crippen molar-refractivity contribution >= 4 is 6.41 Å². The molecule has 0 spiro atoms. The summed E-state index contributed by atoms with van der Waals surface area (Å²) in [6.07, 6.45) is 4.34. The highest BCUT2D eigenvalue weighted by atomic mass is 16.1. The molecular weight excluding hydrogens is 128 g/mol. The van der Waals surface area contributed by atoms with Gasteiger partial charge in [-0.3, -0.25) is 4.79 Å². The van der Waals surface area contributed by atoms with E-state index in [2.05, 4.69) is 11.4 Å². The maximum atomic E-state index is 10.1. The Morgan fingerprint density at radius 3 is 2.50 bits per heavy atom. The number of carbonyl (C=O) groups is 1. The van der Waals surface area contributed by atoms with Crippen LogP contribution in [0.2, 0.25) is 0 Å². The van der Waals surface area contributed by atoms with Gasteiger partial charge in [0.05, 0.1) is 6.07 Å². The zero-order valence-corrected chi connectivity index (χ0v) is 5.76. The third-order valence-electron chi connectivity index (χ3n) is 2.01. The van der Waals surface area contributed by atoms with E-state index in [1.54, 1.807) is 0 Å². The fourth-order valence-electron chi connectivity index (χ4n) is 1.38. The first-order chi connectivity index (χ1) is 4.83. The minimum atomic E-state index is -0.526. The van der Waals surface area contributed by atoms with Crippen molar-refractivity contribution in [2.75, 3.05) is 0 Å². The van der Waals surface area contributed by atoms with Crippen LogP contribution in [0, 0.1) is 11.3 Å². The van der Waals surface area contributed by atoms with Gasteiger partial charge in [-0.15, -0.1) is 0 Å². The highest BCUT2D eigenvalue weighted by Crippen LogP contribution is 2.28. The summed E-state index contributed by atoms with van der Waals surface area (Å²) in [6.45, 7) is 0. The Hall–Kier alpha value is -1.04. The molecule has 0 radical (unpaired) electrons. The highest BCUT2D eigenvalue weighted by molar-refractivity contribution is 5.49. The highest BCUT2D eigenvalue weighted by Gasteiger charge is 2.32. The van der Waals surface area contributed by atoms with Crippen molar-refractivity contribution in [3.8, 4) is 6.07 Å². The van der Waals surface area contributed by atoms with Crippen LogP contribution in [0.1, 0.15) is 25.7 Å². The SMILES string of the molecule is N#CC1(NC=O)CCCC1. The van der Waals surface area contributed by atoms with Gasteiger partial charge in [0.25, 0.3) is 0 Å². The molecule has 0 bridgehead atoms. The van der Waals surface area contributed by atoms with E-state index in [9.17, 15) is 4.79 Å². The van der Waals surface area contributed by atoms with Crippen LogP contribution in [0.3, 0.4) is 0 Å². The second kappa shape index (κ2) is 2.70. The van der Waals surface area contributed by atoms with Crippen molar-refractivity contribution in [2.45, 2.75) is 31.2 Å². The van der Waals surface area contributed by atoms with Crippen molar-refractivity contribution < 1.29 is 4.79 Å². The quantitative estimate of drug-likeness (QED) is 0.567. The molecule has 0 atom stereocenters. The van der Waals surface area contributed by atoms with Crippen LogP contribution < -0.4 is 5.32 Å². The Labute approximate surface area is 60.0 Å². The summed E-state index contributed by atoms with van der Waals surface area (Å²) in [5, 5.41) is 11.2. The number of amides is 1. The van der Waals surface area contributed by atoms with Gasteiger partial charge in [-0.25, -0.2) is 0 Å². The fraction of sp³-hybridized carbons (Fsp3) is 0.714. The normalized spacial score (nSPS) is 21.5. The molecule has 0 aromatic carbocycles. The molecule has 1 amide bonds. The topological polar surface area (TPSA) is 52.9 Å². The summed E-state index contributed by atoms with van der Waals surface area (Å²) in [5.41, 5.74) is -0.526. The van der Waals surface area contributed by atoms with Crippen LogP contribution in [0.4, 0.5) is 0 Å². The number of rotatable bonds is 2. The minimum Gasteiger partial charge on any atom is -0.340 e. The molecule has 54 valence electrons. The lowest BCUT2D eigenvalue weighted by molar-refractivity contribution is -0.110. The number of hydrogen-bond donors (Lipinski definition) is 1. The van der Waals surface area contributed by atoms with Gasteiger partial charge in [0.2, 0.25) is 6.41 Å². The maximum Gasteiger partial charge on any atom is 0.208 e. The molecule has 1 rings (SSSR count). The van der Waals surface area contributed by atoms with Gasteiger partial charge >= 0.3 is 0 Å². The molecule has 0 saturated heterocycles. The Balaban J connectivity index is 2.59. The summed E-state index contributed by atoms with van der Waals surface area (Å²) in [5.74, 6) is 0. The first kappa shape index (κ1) is 7.07. The number of nitrogens with zero attached hydrogens (tertiary/aromatic N) is 1. The maximum absolute atomic E-state index is 10.1. The Bertz CT molecular complexity index is 165. The van der Waals surface area contributed by atoms with Crippen molar-refractivity contribution in [2.24, 2.45) is 0 Å². The van der Waals surface area contributed by atoms with E-state index < -0.39 is 5.54 Å². The third kappa shape index (κ3) is 1.10. The minimum absolute atomic E-state index is 0.526. The summed E-state index contributed by atoms with van der Waals surface area (Å²) < 4.78 is 0. The van der Waals surface area contributed by atoms with E-state index in [0.717, 1.165) is 25.7 Å². The number of nitrogens with one attached hydrogen (secondary N) is 1. The summed E-state index contributed by atoms with van der Waals surface area (Å²) in [7, 11) is 0. The number of hydrogen-bond acceptors (Lipinski definition) is 2. The van der Waals surface area contributed by atoms with E-state index in [1.165, 1.54) is 0 Å². The van der Waals surface area contributed by atoms with Gasteiger partial charge < -0.3 is 5.32 Å². The van der Waals surface area contributed by atoms with Crippen LogP contribution in [-0.4, -0.2) is 11.9 Å². The van der Waals surface area contributed by atoms with Crippen LogP contribution >= 0.6 is 0 Å². The van der Waals surface area contributed by atoms with Crippen molar-refractivity contribution in [1.82, 2.24) is 5.32 Å². The lowest BCUT2D eigenvalue weighted by Crippen LogP contribution is -2.39. The molecule has 0 heterocycles. The molecule has 3 heteroatoms. The molecule has 10 heavy (non-hydrogen) atoms. The second-order valence-corrected chi connectivity index (χ2v) is 2.66. The first-order valence-corrected chi connectivity index (χ1v) is 3.46. The number of carbonyl (C=O) groups excluding carboxylic acids is 1. The van der Waals surface area contributed by atoms with Crippen LogP contribution in [0.25, 0.3) is 0 Å². The van der Waals surface area contributed by atoms with Crippen LogP contribution in [0.15, 0.2) is 0 Å². The lowest BCUT2D eigenvalue weighted by atomic mass is 10.0. The molecule has 0 unspecified atom stereocenters.